The molecule has 0 atom stereocenters. The molecule has 0 radical (unpaired) electrons. The van der Waals surface area contributed by atoms with E-state index in [-0.39, 0.29) is 12.5 Å². The molecular weight excluding hydrogens is 394 g/mol. The number of hydrogen-bond acceptors (Lipinski definition) is 4. The number of ether oxygens (including phenoxy) is 1. The fourth-order valence-corrected chi connectivity index (χ4v) is 3.50. The molecule has 0 unspecified atom stereocenters. The molecule has 140 valence electrons. The Morgan fingerprint density at radius 1 is 1.04 bits per heavy atom. The van der Waals surface area contributed by atoms with Crippen LogP contribution in [0.2, 0.25) is 5.02 Å². The van der Waals surface area contributed by atoms with Gasteiger partial charge in [-0.05, 0) is 60.7 Å². The third-order valence-electron chi connectivity index (χ3n) is 3.90. The first-order chi connectivity index (χ1) is 13.7. The van der Waals surface area contributed by atoms with Crippen molar-refractivity contribution in [2.75, 3.05) is 11.9 Å². The molecule has 28 heavy (non-hydrogen) atoms. The van der Waals surface area contributed by atoms with Crippen molar-refractivity contribution in [2.45, 2.75) is 10.1 Å². The number of fused-ring (bicyclic) bond motifs is 1. The van der Waals surface area contributed by atoms with Crippen molar-refractivity contribution in [3.63, 3.8) is 0 Å². The van der Waals surface area contributed by atoms with Crippen molar-refractivity contribution in [3.8, 4) is 5.75 Å². The van der Waals surface area contributed by atoms with Gasteiger partial charge in [0, 0.05) is 15.6 Å². The van der Waals surface area contributed by atoms with Crippen LogP contribution in [0.15, 0.2) is 82.8 Å². The highest BCUT2D eigenvalue weighted by Gasteiger charge is 2.06. The number of anilines is 1. The first-order valence-electron chi connectivity index (χ1n) is 8.57. The van der Waals surface area contributed by atoms with Crippen molar-refractivity contribution in [1.82, 2.24) is 9.97 Å². The number of rotatable bonds is 6. The van der Waals surface area contributed by atoms with Crippen LogP contribution in [-0.4, -0.2) is 22.5 Å². The van der Waals surface area contributed by atoms with Crippen LogP contribution in [0.1, 0.15) is 0 Å². The van der Waals surface area contributed by atoms with Crippen molar-refractivity contribution in [3.05, 3.63) is 77.8 Å². The highest BCUT2D eigenvalue weighted by Crippen LogP contribution is 2.28. The zero-order valence-corrected chi connectivity index (χ0v) is 16.3. The number of aromatic nitrogens is 2. The Morgan fingerprint density at radius 2 is 1.79 bits per heavy atom. The average molecular weight is 410 g/mol. The molecule has 0 aliphatic heterocycles. The molecule has 0 bridgehead atoms. The largest absolute Gasteiger partial charge is 0.484 e. The van der Waals surface area contributed by atoms with E-state index in [1.165, 1.54) is 11.8 Å². The van der Waals surface area contributed by atoms with Gasteiger partial charge in [-0.3, -0.25) is 4.79 Å². The maximum Gasteiger partial charge on any atom is 0.262 e. The van der Waals surface area contributed by atoms with E-state index in [9.17, 15) is 4.79 Å². The summed E-state index contributed by atoms with van der Waals surface area (Å²) in [7, 11) is 0. The zero-order chi connectivity index (χ0) is 19.3. The SMILES string of the molecule is O=C(COc1ccc(Cl)cc1)Nc1ccc(Sc2nc3ccccc3[nH]2)cc1. The second-order valence-electron chi connectivity index (χ2n) is 5.98. The normalized spacial score (nSPS) is 10.8. The highest BCUT2D eigenvalue weighted by atomic mass is 35.5. The molecule has 0 aliphatic rings. The molecule has 1 heterocycles. The van der Waals surface area contributed by atoms with Crippen LogP contribution in [0.3, 0.4) is 0 Å². The lowest BCUT2D eigenvalue weighted by Crippen LogP contribution is -2.20. The lowest BCUT2D eigenvalue weighted by atomic mass is 10.3. The molecule has 0 spiro atoms. The van der Waals surface area contributed by atoms with Gasteiger partial charge in [-0.1, -0.05) is 35.5 Å². The topological polar surface area (TPSA) is 67.0 Å². The van der Waals surface area contributed by atoms with Crippen molar-refractivity contribution in [1.29, 1.82) is 0 Å². The molecule has 0 saturated carbocycles. The maximum absolute atomic E-state index is 12.0. The number of aromatic amines is 1. The number of nitrogens with zero attached hydrogens (tertiary/aromatic N) is 1. The first kappa shape index (κ1) is 18.4. The molecule has 2 N–H and O–H groups in total. The summed E-state index contributed by atoms with van der Waals surface area (Å²) < 4.78 is 5.44. The van der Waals surface area contributed by atoms with Crippen molar-refractivity contribution >= 4 is 46.0 Å². The van der Waals surface area contributed by atoms with Gasteiger partial charge < -0.3 is 15.0 Å². The smallest absolute Gasteiger partial charge is 0.262 e. The highest BCUT2D eigenvalue weighted by molar-refractivity contribution is 7.99. The Labute approximate surface area is 171 Å². The van der Waals surface area contributed by atoms with E-state index in [2.05, 4.69) is 15.3 Å². The number of H-pyrrole nitrogens is 1. The number of benzene rings is 3. The number of carbonyl (C=O) groups is 1. The van der Waals surface area contributed by atoms with Crippen LogP contribution < -0.4 is 10.1 Å². The predicted molar refractivity (Wildman–Crippen MR) is 112 cm³/mol. The molecule has 1 amide bonds. The zero-order valence-electron chi connectivity index (χ0n) is 14.7. The summed E-state index contributed by atoms with van der Waals surface area (Å²) in [5.74, 6) is 0.366. The number of imidazole rings is 1. The Hall–Kier alpha value is -2.96. The molecule has 0 fully saturated rings. The lowest BCUT2D eigenvalue weighted by molar-refractivity contribution is -0.118. The van der Waals surface area contributed by atoms with E-state index in [1.807, 2.05) is 48.5 Å². The van der Waals surface area contributed by atoms with Gasteiger partial charge in [0.2, 0.25) is 0 Å². The fraction of sp³-hybridized carbons (Fsp3) is 0.0476. The van der Waals surface area contributed by atoms with E-state index >= 15 is 0 Å². The van der Waals surface area contributed by atoms with Crippen LogP contribution in [-0.2, 0) is 4.79 Å². The summed E-state index contributed by atoms with van der Waals surface area (Å²) >= 11 is 7.36. The van der Waals surface area contributed by atoms with Crippen molar-refractivity contribution in [2.24, 2.45) is 0 Å². The summed E-state index contributed by atoms with van der Waals surface area (Å²) in [6.45, 7) is -0.0723. The first-order valence-corrected chi connectivity index (χ1v) is 9.76. The van der Waals surface area contributed by atoms with Crippen LogP contribution >= 0.6 is 23.4 Å². The van der Waals surface area contributed by atoms with Crippen LogP contribution in [0.4, 0.5) is 5.69 Å². The fourth-order valence-electron chi connectivity index (χ4n) is 2.57. The number of halogens is 1. The predicted octanol–water partition coefficient (Wildman–Crippen LogP) is 5.39. The maximum atomic E-state index is 12.0. The second-order valence-corrected chi connectivity index (χ2v) is 7.47. The number of carbonyl (C=O) groups excluding carboxylic acids is 1. The number of hydrogen-bond donors (Lipinski definition) is 2. The third-order valence-corrected chi connectivity index (χ3v) is 5.05. The Bertz CT molecular complexity index is 1060. The van der Waals surface area contributed by atoms with E-state index in [1.54, 1.807) is 24.3 Å². The van der Waals surface area contributed by atoms with Crippen LogP contribution in [0, 0.1) is 0 Å². The lowest BCUT2D eigenvalue weighted by Gasteiger charge is -2.08. The molecule has 4 aromatic rings. The third kappa shape index (κ3) is 4.65. The Balaban J connectivity index is 1.32. The minimum Gasteiger partial charge on any atom is -0.484 e. The molecule has 1 aromatic heterocycles. The van der Waals surface area contributed by atoms with Crippen molar-refractivity contribution < 1.29 is 9.53 Å². The number of nitrogens with one attached hydrogen (secondary N) is 2. The van der Waals surface area contributed by atoms with Crippen LogP contribution in [0.5, 0.6) is 5.75 Å². The Morgan fingerprint density at radius 3 is 2.54 bits per heavy atom. The van der Waals surface area contributed by atoms with Gasteiger partial charge in [-0.2, -0.15) is 0 Å². The molecular formula is C21H16ClN3O2S. The summed E-state index contributed by atoms with van der Waals surface area (Å²) in [6, 6.07) is 22.4. The van der Waals surface area contributed by atoms with Gasteiger partial charge in [0.05, 0.1) is 11.0 Å². The average Bonchev–Trinajstić information content (AvgIpc) is 3.11. The molecule has 3 aromatic carbocycles. The molecule has 5 nitrogen and oxygen atoms in total. The monoisotopic (exact) mass is 409 g/mol. The summed E-state index contributed by atoms with van der Waals surface area (Å²) in [4.78, 5) is 20.9. The molecule has 0 aliphatic carbocycles. The second kappa shape index (κ2) is 8.37. The van der Waals surface area contributed by atoms with Gasteiger partial charge in [0.1, 0.15) is 5.75 Å². The summed E-state index contributed by atoms with van der Waals surface area (Å²) in [5, 5.41) is 4.26. The molecule has 4 rings (SSSR count). The van der Waals surface area contributed by atoms with Gasteiger partial charge in [0.15, 0.2) is 11.8 Å². The minimum atomic E-state index is -0.229. The van der Waals surface area contributed by atoms with Gasteiger partial charge in [-0.15, -0.1) is 0 Å². The van der Waals surface area contributed by atoms with E-state index in [0.717, 1.165) is 21.1 Å². The molecule has 0 saturated heterocycles. The minimum absolute atomic E-state index is 0.0723. The van der Waals surface area contributed by atoms with E-state index in [0.29, 0.717) is 16.5 Å². The summed E-state index contributed by atoms with van der Waals surface area (Å²) in [6.07, 6.45) is 0. The summed E-state index contributed by atoms with van der Waals surface area (Å²) in [5.41, 5.74) is 2.66. The number of para-hydroxylation sites is 2. The molecule has 7 heteroatoms. The van der Waals surface area contributed by atoms with Gasteiger partial charge in [0.25, 0.3) is 5.91 Å². The number of amides is 1. The van der Waals surface area contributed by atoms with Gasteiger partial charge in [-0.25, -0.2) is 4.98 Å². The Kier molecular flexibility index (Phi) is 5.50. The van der Waals surface area contributed by atoms with E-state index in [4.69, 9.17) is 16.3 Å². The standard InChI is InChI=1S/C21H16ClN3O2S/c22-14-5-9-16(10-6-14)27-13-20(26)23-15-7-11-17(12-8-15)28-21-24-18-3-1-2-4-19(18)25-21/h1-12H,13H2,(H,23,26)(H,24,25). The van der Waals surface area contributed by atoms with Gasteiger partial charge >= 0.3 is 0 Å². The van der Waals surface area contributed by atoms with Crippen LogP contribution in [0.25, 0.3) is 11.0 Å². The van der Waals surface area contributed by atoms with E-state index < -0.39 is 0 Å². The quantitative estimate of drug-likeness (QED) is 0.448.